The van der Waals surface area contributed by atoms with Gasteiger partial charge in [0.1, 0.15) is 23.9 Å². The Morgan fingerprint density at radius 2 is 1.38 bits per heavy atom. The van der Waals surface area contributed by atoms with Crippen LogP contribution in [0.3, 0.4) is 0 Å². The van der Waals surface area contributed by atoms with Crippen molar-refractivity contribution in [3.8, 4) is 5.75 Å². The average Bonchev–Trinajstić information content (AvgIpc) is 3.15. The largest absolute Gasteiger partial charge is 0.508 e. The fourth-order valence-electron chi connectivity index (χ4n) is 4.98. The third-order valence-corrected chi connectivity index (χ3v) is 8.28. The third-order valence-electron chi connectivity index (χ3n) is 8.28. The highest BCUT2D eigenvalue weighted by atomic mass is 16.4. The van der Waals surface area contributed by atoms with E-state index < -0.39 is 91.4 Å². The molecule has 56 heavy (non-hydrogen) atoms. The fourth-order valence-corrected chi connectivity index (χ4v) is 4.98. The number of benzene rings is 1. The minimum absolute atomic E-state index is 0.0291. The van der Waals surface area contributed by atoms with Gasteiger partial charge in [-0.05, 0) is 69.3 Å². The van der Waals surface area contributed by atoms with Crippen molar-refractivity contribution >= 4 is 41.5 Å². The molecule has 5 amide bonds. The molecule has 1 aromatic rings. The Labute approximate surface area is 325 Å². The van der Waals surface area contributed by atoms with Gasteiger partial charge in [-0.3, -0.25) is 29.0 Å². The Morgan fingerprint density at radius 1 is 0.732 bits per heavy atom. The molecule has 0 aliphatic carbocycles. The number of guanidine groups is 1. The van der Waals surface area contributed by atoms with E-state index in [9.17, 15) is 49.2 Å². The standard InChI is InChI=1S/C34H60N12O10/c35-17-25(46-32(54)27(49)18-43-28(50)15-23(37)20-7-9-21(47)10-8-20)31(53)45-24(33(55)56)6-3-5-22(36)26(48)16-29(51)44-19-30(52)41-14-4-12-40-11-1-2-13-42-34(38)39/h7-10,22-27,40,47-49H,1-6,11-19,35-37H2,(H,41,52)(H,43,50)(H,44,51)(H,45,53)(H,46,54)(H,55,56)(H4,38,39,42)/t22-,23+,24+,25-,26-,27-/m1/s1. The van der Waals surface area contributed by atoms with Gasteiger partial charge in [-0.15, -0.1) is 0 Å². The lowest BCUT2D eigenvalue weighted by Gasteiger charge is -2.23. The van der Waals surface area contributed by atoms with Gasteiger partial charge in [-0.2, -0.15) is 0 Å². The zero-order chi connectivity index (χ0) is 42.0. The van der Waals surface area contributed by atoms with Gasteiger partial charge < -0.3 is 81.0 Å². The molecule has 22 heteroatoms. The summed E-state index contributed by atoms with van der Waals surface area (Å²) in [6.45, 7) is 1.16. The molecule has 0 saturated carbocycles. The number of hydrogen-bond donors (Lipinski definition) is 15. The summed E-state index contributed by atoms with van der Waals surface area (Å²) < 4.78 is 0. The van der Waals surface area contributed by atoms with Crippen LogP contribution < -0.4 is 60.6 Å². The number of aliphatic imine (C=N–C) groups is 1. The molecular weight excluding hydrogens is 736 g/mol. The monoisotopic (exact) mass is 796 g/mol. The number of nitrogens with one attached hydrogen (secondary N) is 6. The lowest BCUT2D eigenvalue weighted by molar-refractivity contribution is -0.142. The van der Waals surface area contributed by atoms with Crippen molar-refractivity contribution in [3.63, 3.8) is 0 Å². The SMILES string of the molecule is NC[C@@H](NC(=O)[C@H](O)CNC(=O)C[C@H](N)c1ccc(O)cc1)C(=O)N[C@@H](CCC[C@@H](N)[C@H](O)CC(=O)NCC(=O)NCCCNCCCCN=C(N)N)C(=O)O. The lowest BCUT2D eigenvalue weighted by atomic mass is 10.00. The Morgan fingerprint density at radius 3 is 2.02 bits per heavy atom. The number of aliphatic hydroxyl groups excluding tert-OH is 2. The first-order chi connectivity index (χ1) is 26.5. The quantitative estimate of drug-likeness (QED) is 0.0205. The molecule has 0 bridgehead atoms. The number of phenolic OH excluding ortho intramolecular Hbond substituents is 1. The maximum absolute atomic E-state index is 12.8. The maximum atomic E-state index is 12.8. The Kier molecular flexibility index (Phi) is 24.0. The lowest BCUT2D eigenvalue weighted by Crippen LogP contribution is -2.57. The summed E-state index contributed by atoms with van der Waals surface area (Å²) in [5.74, 6) is -4.90. The number of carboxylic acid groups (broad SMARTS) is 1. The molecule has 0 unspecified atom stereocenters. The number of nitrogens with two attached hydrogens (primary N) is 5. The summed E-state index contributed by atoms with van der Waals surface area (Å²) >= 11 is 0. The van der Waals surface area contributed by atoms with Gasteiger partial charge in [0.15, 0.2) is 5.96 Å². The smallest absolute Gasteiger partial charge is 0.326 e. The van der Waals surface area contributed by atoms with Crippen molar-refractivity contribution < 1.29 is 49.2 Å². The van der Waals surface area contributed by atoms with Crippen LogP contribution in [0.25, 0.3) is 0 Å². The van der Waals surface area contributed by atoms with E-state index in [4.69, 9.17) is 28.7 Å². The number of carboxylic acids is 1. The molecule has 0 radical (unpaired) electrons. The number of carbonyl (C=O) groups excluding carboxylic acids is 5. The van der Waals surface area contributed by atoms with Crippen molar-refractivity contribution in [1.82, 2.24) is 31.9 Å². The topological polar surface area (TPSA) is 398 Å². The summed E-state index contributed by atoms with van der Waals surface area (Å²) in [6.07, 6.45) is -1.20. The Hall–Kier alpha value is -5.13. The summed E-state index contributed by atoms with van der Waals surface area (Å²) in [5, 5.41) is 54.8. The highest BCUT2D eigenvalue weighted by Gasteiger charge is 2.28. The first-order valence-corrected chi connectivity index (χ1v) is 18.3. The molecule has 1 rings (SSSR count). The van der Waals surface area contributed by atoms with Crippen LogP contribution in [0.5, 0.6) is 5.75 Å². The highest BCUT2D eigenvalue weighted by molar-refractivity contribution is 5.92. The van der Waals surface area contributed by atoms with Gasteiger partial charge in [0.2, 0.25) is 23.6 Å². The molecule has 0 fully saturated rings. The van der Waals surface area contributed by atoms with Crippen molar-refractivity contribution in [2.45, 2.75) is 87.7 Å². The van der Waals surface area contributed by atoms with Crippen molar-refractivity contribution in [1.29, 1.82) is 0 Å². The Balaban J connectivity index is 2.36. The van der Waals surface area contributed by atoms with E-state index in [1.54, 1.807) is 12.1 Å². The first kappa shape index (κ1) is 48.9. The zero-order valence-corrected chi connectivity index (χ0v) is 31.5. The molecule has 316 valence electrons. The van der Waals surface area contributed by atoms with Crippen LogP contribution in [0.1, 0.15) is 63.0 Å². The predicted octanol–water partition coefficient (Wildman–Crippen LogP) is -5.21. The molecule has 22 nitrogen and oxygen atoms in total. The molecule has 0 spiro atoms. The van der Waals surface area contributed by atoms with Crippen molar-refractivity contribution in [3.05, 3.63) is 29.8 Å². The van der Waals surface area contributed by atoms with Crippen molar-refractivity contribution in [2.75, 3.05) is 45.8 Å². The molecule has 0 aromatic heterocycles. The Bertz CT molecular complexity index is 1410. The molecule has 20 N–H and O–H groups in total. The number of amides is 5. The molecule has 6 atom stereocenters. The number of aliphatic carboxylic acids is 1. The van der Waals surface area contributed by atoms with E-state index >= 15 is 0 Å². The molecule has 0 aliphatic heterocycles. The van der Waals surface area contributed by atoms with Crippen molar-refractivity contribution in [2.24, 2.45) is 33.7 Å². The van der Waals surface area contributed by atoms with E-state index in [1.807, 2.05) is 0 Å². The normalized spacial score (nSPS) is 14.2. The van der Waals surface area contributed by atoms with Gasteiger partial charge in [-0.1, -0.05) is 12.1 Å². The van der Waals surface area contributed by atoms with Crippen LogP contribution in [-0.4, -0.2) is 138 Å². The van der Waals surface area contributed by atoms with Gasteiger partial charge >= 0.3 is 5.97 Å². The van der Waals surface area contributed by atoms with Crippen LogP contribution in [0.15, 0.2) is 29.3 Å². The maximum Gasteiger partial charge on any atom is 0.326 e. The number of unbranched alkanes of at least 4 members (excludes halogenated alkanes) is 1. The number of rotatable bonds is 29. The minimum atomic E-state index is -1.78. The molecule has 0 aliphatic rings. The van der Waals surface area contributed by atoms with E-state index in [0.29, 0.717) is 31.6 Å². The third kappa shape index (κ3) is 21.7. The number of nitrogens with zero attached hydrogens (tertiary/aromatic N) is 1. The summed E-state index contributed by atoms with van der Waals surface area (Å²) in [5.41, 5.74) is 28.7. The summed E-state index contributed by atoms with van der Waals surface area (Å²) in [6, 6.07) is 1.41. The van der Waals surface area contributed by atoms with Crippen LogP contribution in [0.4, 0.5) is 0 Å². The predicted molar refractivity (Wildman–Crippen MR) is 205 cm³/mol. The fraction of sp³-hybridized carbons (Fsp3) is 0.618. The summed E-state index contributed by atoms with van der Waals surface area (Å²) in [4.78, 5) is 77.5. The number of aliphatic hydroxyl groups is 2. The van der Waals surface area contributed by atoms with Gasteiger partial charge in [0, 0.05) is 38.1 Å². The second-order valence-electron chi connectivity index (χ2n) is 13.0. The van der Waals surface area contributed by atoms with Crippen LogP contribution in [-0.2, 0) is 28.8 Å². The van der Waals surface area contributed by atoms with E-state index in [2.05, 4.69) is 36.9 Å². The van der Waals surface area contributed by atoms with Crippen LogP contribution >= 0.6 is 0 Å². The first-order valence-electron chi connectivity index (χ1n) is 18.3. The highest BCUT2D eigenvalue weighted by Crippen LogP contribution is 2.17. The second kappa shape index (κ2) is 27.5. The minimum Gasteiger partial charge on any atom is -0.508 e. The van der Waals surface area contributed by atoms with Crippen LogP contribution in [0, 0.1) is 0 Å². The molecular formula is C34H60N12O10. The van der Waals surface area contributed by atoms with Crippen LogP contribution in [0.2, 0.25) is 0 Å². The van der Waals surface area contributed by atoms with E-state index in [1.165, 1.54) is 12.1 Å². The average molecular weight is 797 g/mol. The van der Waals surface area contributed by atoms with Gasteiger partial charge in [-0.25, -0.2) is 4.79 Å². The zero-order valence-electron chi connectivity index (χ0n) is 31.5. The van der Waals surface area contributed by atoms with Gasteiger partial charge in [0.25, 0.3) is 5.91 Å². The van der Waals surface area contributed by atoms with E-state index in [0.717, 1.165) is 19.4 Å². The number of carbonyl (C=O) groups is 6. The number of hydrogen-bond acceptors (Lipinski definition) is 14. The number of phenols is 1. The van der Waals surface area contributed by atoms with Gasteiger partial charge in [0.05, 0.1) is 25.6 Å². The van der Waals surface area contributed by atoms with E-state index in [-0.39, 0.29) is 43.9 Å². The molecule has 0 saturated heterocycles. The second-order valence-corrected chi connectivity index (χ2v) is 13.0. The molecule has 0 heterocycles. The number of aromatic hydroxyl groups is 1. The molecule has 1 aromatic carbocycles. The summed E-state index contributed by atoms with van der Waals surface area (Å²) in [7, 11) is 0.